The van der Waals surface area contributed by atoms with Crippen molar-refractivity contribution in [3.63, 3.8) is 0 Å². The third-order valence-corrected chi connectivity index (χ3v) is 3.49. The number of rotatable bonds is 4. The molecule has 2 atom stereocenters. The van der Waals surface area contributed by atoms with Crippen molar-refractivity contribution in [1.29, 1.82) is 0 Å². The van der Waals surface area contributed by atoms with Crippen LogP contribution in [-0.4, -0.2) is 18.7 Å². The monoisotopic (exact) mass is 270 g/mol. The molecule has 2 unspecified atom stereocenters. The van der Waals surface area contributed by atoms with Crippen LogP contribution >= 0.6 is 11.6 Å². The van der Waals surface area contributed by atoms with Gasteiger partial charge in [-0.25, -0.2) is 9.38 Å². The van der Waals surface area contributed by atoms with Gasteiger partial charge < -0.3 is 10.5 Å². The summed E-state index contributed by atoms with van der Waals surface area (Å²) in [5.41, 5.74) is 6.51. The minimum atomic E-state index is -0.387. The Morgan fingerprint density at radius 3 is 2.94 bits per heavy atom. The first-order valence-corrected chi connectivity index (χ1v) is 6.39. The van der Waals surface area contributed by atoms with Gasteiger partial charge in [0.25, 0.3) is 6.02 Å². The maximum atomic E-state index is 13.1. The summed E-state index contributed by atoms with van der Waals surface area (Å²) >= 11 is 5.81. The molecular weight excluding hydrogens is 255 g/mol. The number of hydrogen-bond donors (Lipinski definition) is 1. The first-order chi connectivity index (χ1) is 8.60. The van der Waals surface area contributed by atoms with Crippen LogP contribution in [0.15, 0.2) is 23.2 Å². The maximum Gasteiger partial charge on any atom is 0.282 e. The SMILES string of the molecule is CCC(CC1COC(N)=N1)c1ccc(F)c(Cl)c1. The van der Waals surface area contributed by atoms with Gasteiger partial charge in [0, 0.05) is 0 Å². The molecule has 0 spiro atoms. The summed E-state index contributed by atoms with van der Waals surface area (Å²) in [5.74, 6) is -0.104. The normalized spacial score (nSPS) is 20.4. The summed E-state index contributed by atoms with van der Waals surface area (Å²) in [5, 5.41) is 0.164. The van der Waals surface area contributed by atoms with E-state index in [0.717, 1.165) is 18.4 Å². The fraction of sp³-hybridized carbons (Fsp3) is 0.462. The van der Waals surface area contributed by atoms with E-state index in [1.165, 1.54) is 6.07 Å². The zero-order valence-electron chi connectivity index (χ0n) is 10.2. The van der Waals surface area contributed by atoms with Crippen LogP contribution in [0.4, 0.5) is 4.39 Å². The van der Waals surface area contributed by atoms with E-state index in [2.05, 4.69) is 11.9 Å². The molecule has 1 aromatic carbocycles. The summed E-state index contributed by atoms with van der Waals surface area (Å²) in [7, 11) is 0. The second kappa shape index (κ2) is 5.57. The van der Waals surface area contributed by atoms with Crippen molar-refractivity contribution in [2.75, 3.05) is 6.61 Å². The van der Waals surface area contributed by atoms with Gasteiger partial charge in [-0.3, -0.25) is 0 Å². The molecule has 0 amide bonds. The molecule has 0 radical (unpaired) electrons. The van der Waals surface area contributed by atoms with Crippen LogP contribution in [0.5, 0.6) is 0 Å². The largest absolute Gasteiger partial charge is 0.463 e. The lowest BCUT2D eigenvalue weighted by molar-refractivity contribution is 0.301. The number of hydrogen-bond acceptors (Lipinski definition) is 3. The summed E-state index contributed by atoms with van der Waals surface area (Å²) in [6.07, 6.45) is 1.77. The lowest BCUT2D eigenvalue weighted by Gasteiger charge is -2.17. The molecule has 2 N–H and O–H groups in total. The summed E-state index contributed by atoms with van der Waals surface area (Å²) in [6.45, 7) is 2.61. The molecule has 18 heavy (non-hydrogen) atoms. The van der Waals surface area contributed by atoms with Crippen LogP contribution in [0.3, 0.4) is 0 Å². The molecule has 0 saturated heterocycles. The smallest absolute Gasteiger partial charge is 0.282 e. The topological polar surface area (TPSA) is 47.6 Å². The van der Waals surface area contributed by atoms with Gasteiger partial charge in [0.05, 0.1) is 11.1 Å². The molecule has 98 valence electrons. The van der Waals surface area contributed by atoms with Crippen molar-refractivity contribution in [2.24, 2.45) is 10.7 Å². The Morgan fingerprint density at radius 1 is 1.61 bits per heavy atom. The molecule has 0 aliphatic carbocycles. The van der Waals surface area contributed by atoms with Crippen LogP contribution in [-0.2, 0) is 4.74 Å². The van der Waals surface area contributed by atoms with Gasteiger partial charge >= 0.3 is 0 Å². The highest BCUT2D eigenvalue weighted by Gasteiger charge is 2.22. The number of aliphatic imine (C=N–C) groups is 1. The molecule has 3 nitrogen and oxygen atoms in total. The van der Waals surface area contributed by atoms with Crippen molar-refractivity contribution >= 4 is 17.6 Å². The van der Waals surface area contributed by atoms with Gasteiger partial charge in [0.2, 0.25) is 0 Å². The number of halogens is 2. The van der Waals surface area contributed by atoms with Gasteiger partial charge in [0.15, 0.2) is 0 Å². The molecular formula is C13H16ClFN2O. The predicted molar refractivity (Wildman–Crippen MR) is 70.4 cm³/mol. The van der Waals surface area contributed by atoms with E-state index in [4.69, 9.17) is 22.1 Å². The van der Waals surface area contributed by atoms with Crippen molar-refractivity contribution in [3.05, 3.63) is 34.6 Å². The Kier molecular flexibility index (Phi) is 4.07. The number of benzene rings is 1. The van der Waals surface area contributed by atoms with E-state index in [1.54, 1.807) is 12.1 Å². The molecule has 0 bridgehead atoms. The maximum absolute atomic E-state index is 13.1. The second-order valence-corrected chi connectivity index (χ2v) is 4.85. The van der Waals surface area contributed by atoms with E-state index in [0.29, 0.717) is 6.61 Å². The third-order valence-electron chi connectivity index (χ3n) is 3.20. The predicted octanol–water partition coefficient (Wildman–Crippen LogP) is 3.08. The Hall–Kier alpha value is -1.29. The summed E-state index contributed by atoms with van der Waals surface area (Å²) in [4.78, 5) is 4.21. The lowest BCUT2D eigenvalue weighted by Crippen LogP contribution is -2.12. The van der Waals surface area contributed by atoms with Crippen LogP contribution in [0, 0.1) is 5.82 Å². The van der Waals surface area contributed by atoms with Gasteiger partial charge in [-0.15, -0.1) is 0 Å². The molecule has 0 aromatic heterocycles. The molecule has 1 aromatic rings. The molecule has 1 heterocycles. The van der Waals surface area contributed by atoms with Crippen LogP contribution in [0.1, 0.15) is 31.2 Å². The molecule has 5 heteroatoms. The van der Waals surface area contributed by atoms with E-state index in [9.17, 15) is 4.39 Å². The fourth-order valence-corrected chi connectivity index (χ4v) is 2.38. The minimum Gasteiger partial charge on any atom is -0.463 e. The van der Waals surface area contributed by atoms with Crippen LogP contribution < -0.4 is 5.73 Å². The molecule has 0 saturated carbocycles. The number of nitrogens with two attached hydrogens (primary N) is 1. The van der Waals surface area contributed by atoms with Crippen molar-refractivity contribution < 1.29 is 9.13 Å². The quantitative estimate of drug-likeness (QED) is 0.914. The summed E-state index contributed by atoms with van der Waals surface area (Å²) in [6, 6.07) is 5.21. The highest BCUT2D eigenvalue weighted by molar-refractivity contribution is 6.30. The second-order valence-electron chi connectivity index (χ2n) is 4.45. The zero-order valence-corrected chi connectivity index (χ0v) is 11.0. The number of ether oxygens (including phenoxy) is 1. The average molecular weight is 271 g/mol. The van der Waals surface area contributed by atoms with E-state index >= 15 is 0 Å². The molecule has 0 fully saturated rings. The summed E-state index contributed by atoms with van der Waals surface area (Å²) < 4.78 is 18.3. The van der Waals surface area contributed by atoms with Crippen LogP contribution in [0.2, 0.25) is 5.02 Å². The Balaban J connectivity index is 2.10. The van der Waals surface area contributed by atoms with Crippen LogP contribution in [0.25, 0.3) is 0 Å². The fourth-order valence-electron chi connectivity index (χ4n) is 2.19. The first-order valence-electron chi connectivity index (χ1n) is 6.01. The average Bonchev–Trinajstić information content (AvgIpc) is 2.75. The van der Waals surface area contributed by atoms with E-state index < -0.39 is 0 Å². The zero-order chi connectivity index (χ0) is 13.1. The molecule has 1 aliphatic heterocycles. The van der Waals surface area contributed by atoms with Gasteiger partial charge in [0.1, 0.15) is 12.4 Å². The Bertz CT molecular complexity index is 464. The van der Waals surface area contributed by atoms with E-state index in [-0.39, 0.29) is 28.8 Å². The highest BCUT2D eigenvalue weighted by atomic mass is 35.5. The van der Waals surface area contributed by atoms with Gasteiger partial charge in [-0.2, -0.15) is 0 Å². The third kappa shape index (κ3) is 2.93. The molecule has 1 aliphatic rings. The lowest BCUT2D eigenvalue weighted by atomic mass is 9.90. The number of amidine groups is 1. The Morgan fingerprint density at radius 2 is 2.39 bits per heavy atom. The number of nitrogens with zero attached hydrogens (tertiary/aromatic N) is 1. The Labute approximate surface area is 111 Å². The first kappa shape index (κ1) is 13.1. The van der Waals surface area contributed by atoms with Gasteiger partial charge in [-0.05, 0) is 36.5 Å². The van der Waals surface area contributed by atoms with Crippen molar-refractivity contribution in [1.82, 2.24) is 0 Å². The van der Waals surface area contributed by atoms with Crippen molar-refractivity contribution in [3.8, 4) is 0 Å². The highest BCUT2D eigenvalue weighted by Crippen LogP contribution is 2.29. The van der Waals surface area contributed by atoms with E-state index in [1.807, 2.05) is 0 Å². The standard InChI is InChI=1S/C13H16ClFN2O/c1-2-8(5-10-7-18-13(16)17-10)9-3-4-12(15)11(14)6-9/h3-4,6,8,10H,2,5,7H2,1H3,(H2,16,17). The minimum absolute atomic E-state index is 0.0822. The van der Waals surface area contributed by atoms with Crippen molar-refractivity contribution in [2.45, 2.75) is 31.7 Å². The van der Waals surface area contributed by atoms with Gasteiger partial charge in [-0.1, -0.05) is 24.6 Å². The molecule has 2 rings (SSSR count).